The molecular weight excluding hydrogens is 464 g/mol. The number of H-pyrrole nitrogens is 1. The largest absolute Gasteiger partial charge is 0.366 e. The molecule has 4 aromatic rings. The van der Waals surface area contributed by atoms with E-state index < -0.39 is 5.91 Å². The summed E-state index contributed by atoms with van der Waals surface area (Å²) in [6.45, 7) is 3.01. The van der Waals surface area contributed by atoms with Crippen LogP contribution in [0.5, 0.6) is 0 Å². The molecule has 3 N–H and O–H groups in total. The molecule has 1 fully saturated rings. The minimum absolute atomic E-state index is 0.453. The van der Waals surface area contributed by atoms with E-state index in [-0.39, 0.29) is 0 Å². The fraction of sp³-hybridized carbons (Fsp3) is 0.231. The number of fused-ring (bicyclic) bond motifs is 2. The summed E-state index contributed by atoms with van der Waals surface area (Å²) in [6, 6.07) is 13.6. The molecular formula is C26H23BrN4O. The zero-order valence-corrected chi connectivity index (χ0v) is 19.2. The van der Waals surface area contributed by atoms with Crippen molar-refractivity contribution in [3.63, 3.8) is 0 Å². The number of nitrogens with one attached hydrogen (secondary N) is 1. The fourth-order valence-corrected chi connectivity index (χ4v) is 4.68. The lowest BCUT2D eigenvalue weighted by Gasteiger charge is -2.23. The maximum atomic E-state index is 12.3. The SMILES string of the molecule is NC(=O)c1cc(-c2c[nH]c3ccc(Br)cc23)nc2ccc(C#CCN3CCCCC3)cc12. The zero-order valence-electron chi connectivity index (χ0n) is 17.6. The first-order chi connectivity index (χ1) is 15.6. The van der Waals surface area contributed by atoms with Crippen LogP contribution in [0.2, 0.25) is 0 Å². The van der Waals surface area contributed by atoms with Crippen molar-refractivity contribution in [3.05, 3.63) is 64.3 Å². The van der Waals surface area contributed by atoms with E-state index in [1.807, 2.05) is 42.6 Å². The van der Waals surface area contributed by atoms with Gasteiger partial charge in [-0.1, -0.05) is 34.2 Å². The van der Waals surface area contributed by atoms with Crippen molar-refractivity contribution in [2.45, 2.75) is 19.3 Å². The van der Waals surface area contributed by atoms with Gasteiger partial charge in [0.25, 0.3) is 0 Å². The van der Waals surface area contributed by atoms with Crippen LogP contribution in [0.15, 0.2) is 53.1 Å². The van der Waals surface area contributed by atoms with E-state index >= 15 is 0 Å². The van der Waals surface area contributed by atoms with Crippen molar-refractivity contribution in [2.75, 3.05) is 19.6 Å². The molecule has 0 saturated carbocycles. The first kappa shape index (κ1) is 20.7. The van der Waals surface area contributed by atoms with Gasteiger partial charge in [0.2, 0.25) is 5.91 Å². The molecule has 0 atom stereocenters. The van der Waals surface area contributed by atoms with Gasteiger partial charge in [-0.3, -0.25) is 9.69 Å². The summed E-state index contributed by atoms with van der Waals surface area (Å²) >= 11 is 3.53. The van der Waals surface area contributed by atoms with E-state index in [4.69, 9.17) is 10.7 Å². The Bertz CT molecular complexity index is 1390. The number of likely N-dealkylation sites (tertiary alicyclic amines) is 1. The lowest BCUT2D eigenvalue weighted by atomic mass is 10.0. The Kier molecular flexibility index (Phi) is 5.69. The van der Waals surface area contributed by atoms with Crippen LogP contribution >= 0.6 is 15.9 Å². The number of hydrogen-bond donors (Lipinski definition) is 2. The number of pyridine rings is 1. The summed E-state index contributed by atoms with van der Waals surface area (Å²) in [6.07, 6.45) is 5.73. The average Bonchev–Trinajstić information content (AvgIpc) is 3.22. The van der Waals surface area contributed by atoms with Gasteiger partial charge >= 0.3 is 0 Å². The van der Waals surface area contributed by atoms with E-state index in [0.717, 1.165) is 57.0 Å². The standard InChI is InChI=1S/C26H23BrN4O/c27-18-7-9-23-20(14-18)22(16-29-23)25-15-21(26(28)32)19-13-17(6-8-24(19)30-25)5-4-12-31-10-2-1-3-11-31/h6-9,13-16,29H,1-3,10-12H2,(H2,28,32). The summed E-state index contributed by atoms with van der Waals surface area (Å²) in [7, 11) is 0. The van der Waals surface area contributed by atoms with Gasteiger partial charge in [0.15, 0.2) is 0 Å². The molecule has 32 heavy (non-hydrogen) atoms. The van der Waals surface area contributed by atoms with Crippen LogP contribution in [-0.2, 0) is 0 Å². The van der Waals surface area contributed by atoms with Gasteiger partial charge < -0.3 is 10.7 Å². The molecule has 2 aromatic heterocycles. The summed E-state index contributed by atoms with van der Waals surface area (Å²) in [5, 5.41) is 1.76. The Morgan fingerprint density at radius 3 is 2.75 bits per heavy atom. The second-order valence-electron chi connectivity index (χ2n) is 8.18. The van der Waals surface area contributed by atoms with Crippen molar-refractivity contribution in [1.29, 1.82) is 0 Å². The Hall–Kier alpha value is -3.14. The van der Waals surface area contributed by atoms with Crippen LogP contribution in [-0.4, -0.2) is 40.4 Å². The molecule has 0 unspecified atom stereocenters. The zero-order chi connectivity index (χ0) is 22.1. The molecule has 5 nitrogen and oxygen atoms in total. The number of aromatic amines is 1. The van der Waals surface area contributed by atoms with Gasteiger partial charge in [0, 0.05) is 38.1 Å². The molecule has 1 saturated heterocycles. The maximum absolute atomic E-state index is 12.3. The topological polar surface area (TPSA) is 75.0 Å². The Morgan fingerprint density at radius 2 is 1.94 bits per heavy atom. The van der Waals surface area contributed by atoms with Crippen molar-refractivity contribution in [1.82, 2.24) is 14.9 Å². The van der Waals surface area contributed by atoms with E-state index in [1.54, 1.807) is 6.07 Å². The fourth-order valence-electron chi connectivity index (χ4n) is 4.32. The van der Waals surface area contributed by atoms with Gasteiger partial charge in [-0.15, -0.1) is 0 Å². The number of carbonyl (C=O) groups excluding carboxylic acids is 1. The number of rotatable bonds is 3. The number of hydrogen-bond acceptors (Lipinski definition) is 3. The number of nitrogens with two attached hydrogens (primary N) is 1. The Labute approximate surface area is 195 Å². The number of halogens is 1. The van der Waals surface area contributed by atoms with Gasteiger partial charge in [0.05, 0.1) is 23.3 Å². The van der Waals surface area contributed by atoms with Crippen molar-refractivity contribution < 1.29 is 4.79 Å². The second kappa shape index (κ2) is 8.78. The molecule has 1 aliphatic heterocycles. The third-order valence-corrected chi connectivity index (χ3v) is 6.47. The van der Waals surface area contributed by atoms with Crippen molar-refractivity contribution in [2.24, 2.45) is 5.73 Å². The van der Waals surface area contributed by atoms with Crippen molar-refractivity contribution >= 4 is 43.6 Å². The smallest absolute Gasteiger partial charge is 0.249 e. The molecule has 0 aliphatic carbocycles. The third-order valence-electron chi connectivity index (χ3n) is 5.98. The predicted octanol–water partition coefficient (Wildman–Crippen LogP) is 5.08. The second-order valence-corrected chi connectivity index (χ2v) is 9.10. The third kappa shape index (κ3) is 4.14. The summed E-state index contributed by atoms with van der Waals surface area (Å²) in [4.78, 5) is 22.8. The van der Waals surface area contributed by atoms with Gasteiger partial charge in [-0.25, -0.2) is 4.98 Å². The number of piperidine rings is 1. The maximum Gasteiger partial charge on any atom is 0.249 e. The number of carbonyl (C=O) groups is 1. The van der Waals surface area contributed by atoms with E-state index in [2.05, 4.69) is 37.7 Å². The molecule has 0 spiro atoms. The molecule has 6 heteroatoms. The molecule has 1 amide bonds. The first-order valence-electron chi connectivity index (χ1n) is 10.8. The number of primary amides is 1. The molecule has 2 aromatic carbocycles. The number of amides is 1. The molecule has 160 valence electrons. The first-order valence-corrected chi connectivity index (χ1v) is 11.6. The van der Waals surface area contributed by atoms with Crippen LogP contribution in [0.3, 0.4) is 0 Å². The minimum Gasteiger partial charge on any atom is -0.366 e. The normalized spacial score (nSPS) is 14.4. The highest BCUT2D eigenvalue weighted by atomic mass is 79.9. The van der Waals surface area contributed by atoms with Crippen molar-refractivity contribution in [3.8, 4) is 23.1 Å². The van der Waals surface area contributed by atoms with E-state index in [1.165, 1.54) is 19.3 Å². The van der Waals surface area contributed by atoms with Gasteiger partial charge in [0.1, 0.15) is 0 Å². The number of aromatic nitrogens is 2. The summed E-state index contributed by atoms with van der Waals surface area (Å²) in [5.74, 6) is 6.04. The lowest BCUT2D eigenvalue weighted by Crippen LogP contribution is -2.29. The van der Waals surface area contributed by atoms with Crippen LogP contribution in [0.1, 0.15) is 35.2 Å². The highest BCUT2D eigenvalue weighted by Crippen LogP contribution is 2.32. The summed E-state index contributed by atoms with van der Waals surface area (Å²) in [5.41, 5.74) is 10.4. The monoisotopic (exact) mass is 486 g/mol. The Morgan fingerprint density at radius 1 is 1.09 bits per heavy atom. The van der Waals surface area contributed by atoms with Crippen LogP contribution in [0.4, 0.5) is 0 Å². The highest BCUT2D eigenvalue weighted by Gasteiger charge is 2.15. The predicted molar refractivity (Wildman–Crippen MR) is 132 cm³/mol. The summed E-state index contributed by atoms with van der Waals surface area (Å²) < 4.78 is 0.981. The quantitative estimate of drug-likeness (QED) is 0.396. The Balaban J connectivity index is 1.53. The lowest BCUT2D eigenvalue weighted by molar-refractivity contribution is 0.100. The van der Waals surface area contributed by atoms with Crippen LogP contribution < -0.4 is 5.73 Å². The van der Waals surface area contributed by atoms with Gasteiger partial charge in [-0.05, 0) is 68.4 Å². The molecule has 3 heterocycles. The number of benzene rings is 2. The molecule has 0 bridgehead atoms. The van der Waals surface area contributed by atoms with Gasteiger partial charge in [-0.2, -0.15) is 0 Å². The highest BCUT2D eigenvalue weighted by molar-refractivity contribution is 9.10. The molecule has 0 radical (unpaired) electrons. The van der Waals surface area contributed by atoms with Crippen LogP contribution in [0, 0.1) is 11.8 Å². The molecule has 5 rings (SSSR count). The number of nitrogens with zero attached hydrogens (tertiary/aromatic N) is 2. The van der Waals surface area contributed by atoms with E-state index in [9.17, 15) is 4.79 Å². The van der Waals surface area contributed by atoms with Crippen LogP contribution in [0.25, 0.3) is 33.1 Å². The van der Waals surface area contributed by atoms with E-state index in [0.29, 0.717) is 11.3 Å². The average molecular weight is 487 g/mol. The molecule has 1 aliphatic rings. The minimum atomic E-state index is -0.474.